The number of carbonyl (C=O) groups is 2. The number of benzene rings is 2. The summed E-state index contributed by atoms with van der Waals surface area (Å²) in [5, 5.41) is 2.94. The Morgan fingerprint density at radius 1 is 1.21 bits per heavy atom. The first-order chi connectivity index (χ1) is 13.7. The van der Waals surface area contributed by atoms with Crippen LogP contribution in [-0.2, 0) is 16.0 Å². The highest BCUT2D eigenvalue weighted by Gasteiger charge is 2.35. The van der Waals surface area contributed by atoms with Crippen LogP contribution in [0.25, 0.3) is 0 Å². The Bertz CT molecular complexity index is 898. The summed E-state index contributed by atoms with van der Waals surface area (Å²) in [7, 11) is 1.63. The van der Waals surface area contributed by atoms with Crippen molar-refractivity contribution in [3.63, 3.8) is 0 Å². The molecule has 2 heterocycles. The molecule has 2 aromatic rings. The molecule has 1 atom stereocenters. The number of hydrogen-bond acceptors (Lipinski definition) is 5. The maximum Gasteiger partial charge on any atom is 0.231 e. The van der Waals surface area contributed by atoms with Gasteiger partial charge in [-0.2, -0.15) is 0 Å². The first kappa shape index (κ1) is 18.2. The summed E-state index contributed by atoms with van der Waals surface area (Å²) < 4.78 is 16.0. The second-order valence-electron chi connectivity index (χ2n) is 6.80. The van der Waals surface area contributed by atoms with Crippen LogP contribution < -0.4 is 24.4 Å². The van der Waals surface area contributed by atoms with Crippen molar-refractivity contribution < 1.29 is 23.8 Å². The van der Waals surface area contributed by atoms with E-state index < -0.39 is 0 Å². The molecular weight excluding hydrogens is 360 g/mol. The van der Waals surface area contributed by atoms with Gasteiger partial charge in [0.25, 0.3) is 0 Å². The van der Waals surface area contributed by atoms with Crippen molar-refractivity contribution in [1.82, 2.24) is 5.32 Å². The molecule has 1 fully saturated rings. The van der Waals surface area contributed by atoms with Crippen molar-refractivity contribution >= 4 is 17.5 Å². The van der Waals surface area contributed by atoms with Gasteiger partial charge >= 0.3 is 0 Å². The van der Waals surface area contributed by atoms with Gasteiger partial charge in [-0.05, 0) is 30.2 Å². The van der Waals surface area contributed by atoms with E-state index >= 15 is 0 Å². The van der Waals surface area contributed by atoms with E-state index in [4.69, 9.17) is 14.2 Å². The van der Waals surface area contributed by atoms with Crippen LogP contribution in [0.1, 0.15) is 12.0 Å². The fourth-order valence-electron chi connectivity index (χ4n) is 3.56. The summed E-state index contributed by atoms with van der Waals surface area (Å²) in [4.78, 5) is 26.6. The first-order valence-corrected chi connectivity index (χ1v) is 9.25. The van der Waals surface area contributed by atoms with Crippen LogP contribution >= 0.6 is 0 Å². The van der Waals surface area contributed by atoms with Crippen molar-refractivity contribution in [1.29, 1.82) is 0 Å². The standard InChI is InChI=1S/C21H22N2O5/c1-26-17-5-3-2-4-14(17)8-9-22-21(25)15-10-20(24)23(12-15)16-6-7-18-19(11-16)28-13-27-18/h2-7,11,15H,8-10,12-13H2,1H3,(H,22,25). The zero-order chi connectivity index (χ0) is 19.5. The van der Waals surface area contributed by atoms with E-state index in [1.165, 1.54) is 0 Å². The number of hydrogen-bond donors (Lipinski definition) is 1. The highest BCUT2D eigenvalue weighted by atomic mass is 16.7. The van der Waals surface area contributed by atoms with Gasteiger partial charge in [0.2, 0.25) is 18.6 Å². The van der Waals surface area contributed by atoms with Crippen LogP contribution in [0.15, 0.2) is 42.5 Å². The normalized spacial score (nSPS) is 17.7. The molecule has 7 nitrogen and oxygen atoms in total. The minimum Gasteiger partial charge on any atom is -0.496 e. The van der Waals surface area contributed by atoms with Gasteiger partial charge in [-0.1, -0.05) is 18.2 Å². The van der Waals surface area contributed by atoms with Crippen molar-refractivity contribution in [3.05, 3.63) is 48.0 Å². The Hall–Kier alpha value is -3.22. The number of nitrogens with one attached hydrogen (secondary N) is 1. The summed E-state index contributed by atoms with van der Waals surface area (Å²) in [6, 6.07) is 13.1. The maximum atomic E-state index is 12.5. The Morgan fingerprint density at radius 2 is 2.04 bits per heavy atom. The first-order valence-electron chi connectivity index (χ1n) is 9.25. The summed E-state index contributed by atoms with van der Waals surface area (Å²) in [6.07, 6.45) is 0.872. The average molecular weight is 382 g/mol. The molecule has 7 heteroatoms. The minimum absolute atomic E-state index is 0.0660. The number of anilines is 1. The fourth-order valence-corrected chi connectivity index (χ4v) is 3.56. The molecule has 0 radical (unpaired) electrons. The quantitative estimate of drug-likeness (QED) is 0.828. The molecule has 146 valence electrons. The smallest absolute Gasteiger partial charge is 0.231 e. The lowest BCUT2D eigenvalue weighted by Crippen LogP contribution is -2.34. The number of fused-ring (bicyclic) bond motifs is 1. The topological polar surface area (TPSA) is 77.1 Å². The van der Waals surface area contributed by atoms with Crippen molar-refractivity contribution in [2.24, 2.45) is 5.92 Å². The lowest BCUT2D eigenvalue weighted by Gasteiger charge is -2.17. The van der Waals surface area contributed by atoms with Crippen molar-refractivity contribution in [3.8, 4) is 17.2 Å². The van der Waals surface area contributed by atoms with E-state index in [1.807, 2.05) is 30.3 Å². The number of ether oxygens (including phenoxy) is 3. The van der Waals surface area contributed by atoms with Crippen LogP contribution in [-0.4, -0.2) is 38.8 Å². The Kier molecular flexibility index (Phi) is 5.06. The third kappa shape index (κ3) is 3.60. The van der Waals surface area contributed by atoms with E-state index in [0.29, 0.717) is 31.0 Å². The molecule has 0 bridgehead atoms. The number of amides is 2. The van der Waals surface area contributed by atoms with E-state index in [9.17, 15) is 9.59 Å². The molecule has 0 spiro atoms. The number of carbonyl (C=O) groups excluding carboxylic acids is 2. The molecule has 28 heavy (non-hydrogen) atoms. The van der Waals surface area contributed by atoms with Crippen LogP contribution in [0, 0.1) is 5.92 Å². The van der Waals surface area contributed by atoms with Crippen LogP contribution in [0.2, 0.25) is 0 Å². The van der Waals surface area contributed by atoms with Crippen LogP contribution in [0.3, 0.4) is 0 Å². The Labute approximate surface area is 163 Å². The Morgan fingerprint density at radius 3 is 2.89 bits per heavy atom. The predicted octanol–water partition coefficient (Wildman–Crippen LogP) is 2.14. The van der Waals surface area contributed by atoms with Gasteiger partial charge in [0.15, 0.2) is 11.5 Å². The monoisotopic (exact) mass is 382 g/mol. The molecular formula is C21H22N2O5. The lowest BCUT2D eigenvalue weighted by molar-refractivity contribution is -0.126. The van der Waals surface area contributed by atoms with Gasteiger partial charge in [0.1, 0.15) is 5.75 Å². The van der Waals surface area contributed by atoms with Gasteiger partial charge in [-0.3, -0.25) is 9.59 Å². The molecule has 4 rings (SSSR count). The summed E-state index contributed by atoms with van der Waals surface area (Å²) in [5.41, 5.74) is 1.76. The van der Waals surface area contributed by atoms with E-state index in [2.05, 4.69) is 5.32 Å². The van der Waals surface area contributed by atoms with Crippen molar-refractivity contribution in [2.75, 3.05) is 31.9 Å². The van der Waals surface area contributed by atoms with Crippen molar-refractivity contribution in [2.45, 2.75) is 12.8 Å². The maximum absolute atomic E-state index is 12.5. The number of methoxy groups -OCH3 is 1. The Balaban J connectivity index is 1.34. The fraction of sp³-hybridized carbons (Fsp3) is 0.333. The number of rotatable bonds is 6. The SMILES string of the molecule is COc1ccccc1CCNC(=O)C1CC(=O)N(c2ccc3c(c2)OCO3)C1. The van der Waals surface area contributed by atoms with Gasteiger partial charge in [-0.25, -0.2) is 0 Å². The van der Waals surface area contributed by atoms with Gasteiger partial charge in [0.05, 0.1) is 13.0 Å². The molecule has 2 amide bonds. The molecule has 0 aromatic heterocycles. The summed E-state index contributed by atoms with van der Waals surface area (Å²) in [5.74, 6) is 1.56. The van der Waals surface area contributed by atoms with E-state index in [1.54, 1.807) is 24.1 Å². The number of para-hydroxylation sites is 1. The van der Waals surface area contributed by atoms with Crippen LogP contribution in [0.4, 0.5) is 5.69 Å². The van der Waals surface area contributed by atoms with Gasteiger partial charge < -0.3 is 24.4 Å². The molecule has 2 aliphatic rings. The molecule has 0 saturated carbocycles. The second-order valence-corrected chi connectivity index (χ2v) is 6.80. The largest absolute Gasteiger partial charge is 0.496 e. The van der Waals surface area contributed by atoms with E-state index in [0.717, 1.165) is 17.0 Å². The third-order valence-electron chi connectivity index (χ3n) is 5.05. The molecule has 1 unspecified atom stereocenters. The minimum atomic E-state index is -0.365. The zero-order valence-corrected chi connectivity index (χ0v) is 15.6. The van der Waals surface area contributed by atoms with Gasteiger partial charge in [-0.15, -0.1) is 0 Å². The molecule has 0 aliphatic carbocycles. The molecule has 2 aromatic carbocycles. The summed E-state index contributed by atoms with van der Waals surface area (Å²) >= 11 is 0. The highest BCUT2D eigenvalue weighted by molar-refractivity contribution is 6.00. The number of nitrogens with zero attached hydrogens (tertiary/aromatic N) is 1. The van der Waals surface area contributed by atoms with Crippen LogP contribution in [0.5, 0.6) is 17.2 Å². The average Bonchev–Trinajstić information content (AvgIpc) is 3.34. The summed E-state index contributed by atoms with van der Waals surface area (Å²) in [6.45, 7) is 1.04. The zero-order valence-electron chi connectivity index (χ0n) is 15.6. The molecule has 2 aliphatic heterocycles. The third-order valence-corrected chi connectivity index (χ3v) is 5.05. The predicted molar refractivity (Wildman–Crippen MR) is 103 cm³/mol. The molecule has 1 saturated heterocycles. The lowest BCUT2D eigenvalue weighted by atomic mass is 10.1. The highest BCUT2D eigenvalue weighted by Crippen LogP contribution is 2.37. The second kappa shape index (κ2) is 7.80. The van der Waals surface area contributed by atoms with E-state index in [-0.39, 0.29) is 30.9 Å². The molecule has 1 N–H and O–H groups in total. The van der Waals surface area contributed by atoms with Gasteiger partial charge in [0, 0.05) is 31.3 Å².